The lowest BCUT2D eigenvalue weighted by Gasteiger charge is -2.51. The summed E-state index contributed by atoms with van der Waals surface area (Å²) in [6.07, 6.45) is -3.17. The van der Waals surface area contributed by atoms with Crippen molar-refractivity contribution in [2.45, 2.75) is 44.1 Å². The van der Waals surface area contributed by atoms with Crippen molar-refractivity contribution in [3.8, 4) is 0 Å². The highest BCUT2D eigenvalue weighted by molar-refractivity contribution is 5.99. The van der Waals surface area contributed by atoms with Gasteiger partial charge in [0.15, 0.2) is 0 Å². The second-order valence-corrected chi connectivity index (χ2v) is 6.28. The lowest BCUT2D eigenvalue weighted by molar-refractivity contribution is -0.0893. The standard InChI is InChI=1S/C15H20F3N3O/c1-10-9-21-11(13(22)15(16,17)18)3-4-12(21)14(20(10)2)5-7-19-8-6-14/h3-4,10,19H,5-9H2,1-2H3/t10-/m1/s1. The van der Waals surface area contributed by atoms with Gasteiger partial charge in [0, 0.05) is 18.3 Å². The number of hydrogen-bond donors (Lipinski definition) is 1. The van der Waals surface area contributed by atoms with E-state index in [-0.39, 0.29) is 17.3 Å². The molecule has 0 amide bonds. The van der Waals surface area contributed by atoms with Crippen LogP contribution in [-0.2, 0) is 12.1 Å². The Balaban J connectivity index is 2.09. The van der Waals surface area contributed by atoms with Gasteiger partial charge in [0.05, 0.1) is 11.2 Å². The molecular formula is C15H20F3N3O. The summed E-state index contributed by atoms with van der Waals surface area (Å²) in [4.78, 5) is 13.9. The number of halogens is 3. The fraction of sp³-hybridized carbons (Fsp3) is 0.667. The van der Waals surface area contributed by atoms with Crippen molar-refractivity contribution in [2.24, 2.45) is 0 Å². The van der Waals surface area contributed by atoms with Crippen molar-refractivity contribution in [1.29, 1.82) is 0 Å². The summed E-state index contributed by atoms with van der Waals surface area (Å²) < 4.78 is 40.0. The Labute approximate surface area is 127 Å². The topological polar surface area (TPSA) is 37.3 Å². The van der Waals surface area contributed by atoms with Gasteiger partial charge in [-0.25, -0.2) is 0 Å². The molecule has 0 aromatic carbocycles. The number of nitrogens with one attached hydrogen (secondary N) is 1. The highest BCUT2D eigenvalue weighted by Gasteiger charge is 2.48. The van der Waals surface area contributed by atoms with Crippen molar-refractivity contribution in [1.82, 2.24) is 14.8 Å². The van der Waals surface area contributed by atoms with Gasteiger partial charge in [-0.3, -0.25) is 9.69 Å². The molecule has 1 aromatic rings. The van der Waals surface area contributed by atoms with Crippen molar-refractivity contribution < 1.29 is 18.0 Å². The van der Waals surface area contributed by atoms with Crippen molar-refractivity contribution >= 4 is 5.78 Å². The number of likely N-dealkylation sites (N-methyl/N-ethyl adjacent to an activating group) is 1. The van der Waals surface area contributed by atoms with Gasteiger partial charge in [0.2, 0.25) is 0 Å². The zero-order valence-corrected chi connectivity index (χ0v) is 12.7. The highest BCUT2D eigenvalue weighted by Crippen LogP contribution is 2.42. The minimum atomic E-state index is -4.83. The zero-order valence-electron chi connectivity index (χ0n) is 12.7. The van der Waals surface area contributed by atoms with E-state index in [0.29, 0.717) is 6.54 Å². The third-order valence-corrected chi connectivity index (χ3v) is 5.16. The van der Waals surface area contributed by atoms with E-state index in [1.54, 1.807) is 10.6 Å². The molecule has 0 aliphatic carbocycles. The molecule has 0 unspecified atom stereocenters. The SMILES string of the molecule is C[C@@H]1Cn2c(C(=O)C(F)(F)F)ccc2C2(CCNCC2)N1C. The van der Waals surface area contributed by atoms with Crippen LogP contribution in [0.1, 0.15) is 35.9 Å². The van der Waals surface area contributed by atoms with E-state index in [1.807, 2.05) is 14.0 Å². The molecule has 1 fully saturated rings. The number of ketones is 1. The van der Waals surface area contributed by atoms with Crippen LogP contribution in [0.15, 0.2) is 12.1 Å². The quantitative estimate of drug-likeness (QED) is 0.807. The maximum Gasteiger partial charge on any atom is 0.456 e. The second-order valence-electron chi connectivity index (χ2n) is 6.28. The first kappa shape index (κ1) is 15.6. The second kappa shape index (κ2) is 5.09. The van der Waals surface area contributed by atoms with Crippen LogP contribution >= 0.6 is 0 Å². The van der Waals surface area contributed by atoms with Crippen LogP contribution in [0.4, 0.5) is 13.2 Å². The minimum Gasteiger partial charge on any atom is -0.339 e. The van der Waals surface area contributed by atoms with Crippen molar-refractivity contribution in [2.75, 3.05) is 20.1 Å². The maximum atomic E-state index is 12.8. The van der Waals surface area contributed by atoms with Crippen molar-refractivity contribution in [3.05, 3.63) is 23.5 Å². The predicted molar refractivity (Wildman–Crippen MR) is 75.8 cm³/mol. The van der Waals surface area contributed by atoms with Crippen LogP contribution in [0.25, 0.3) is 0 Å². The number of carbonyl (C=O) groups is 1. The normalized spacial score (nSPS) is 25.2. The van der Waals surface area contributed by atoms with Gasteiger partial charge in [-0.15, -0.1) is 0 Å². The first-order valence-electron chi connectivity index (χ1n) is 7.52. The zero-order chi connectivity index (χ0) is 16.1. The van der Waals surface area contributed by atoms with E-state index in [4.69, 9.17) is 0 Å². The van der Waals surface area contributed by atoms with Crippen LogP contribution in [0.5, 0.6) is 0 Å². The van der Waals surface area contributed by atoms with Crippen LogP contribution in [0.3, 0.4) is 0 Å². The summed E-state index contributed by atoms with van der Waals surface area (Å²) in [6.45, 7) is 4.05. The Morgan fingerprint density at radius 1 is 1.32 bits per heavy atom. The average Bonchev–Trinajstić information content (AvgIpc) is 2.88. The smallest absolute Gasteiger partial charge is 0.339 e. The van der Waals surface area contributed by atoms with E-state index in [2.05, 4.69) is 10.2 Å². The number of Topliss-reactive ketones (excluding diaryl/α,β-unsaturated/α-hetero) is 1. The molecule has 1 spiro atoms. The van der Waals surface area contributed by atoms with E-state index in [1.165, 1.54) is 6.07 Å². The third kappa shape index (κ3) is 2.18. The summed E-state index contributed by atoms with van der Waals surface area (Å²) in [5.74, 6) is -1.75. The molecule has 1 aromatic heterocycles. The van der Waals surface area contributed by atoms with Crippen LogP contribution in [0, 0.1) is 0 Å². The Hall–Kier alpha value is -1.34. The monoisotopic (exact) mass is 315 g/mol. The van der Waals surface area contributed by atoms with Gasteiger partial charge in [-0.1, -0.05) is 0 Å². The molecule has 4 nitrogen and oxygen atoms in total. The molecular weight excluding hydrogens is 295 g/mol. The fourth-order valence-electron chi connectivity index (χ4n) is 3.85. The number of carbonyl (C=O) groups excluding carboxylic acids is 1. The number of rotatable bonds is 1. The molecule has 22 heavy (non-hydrogen) atoms. The lowest BCUT2D eigenvalue weighted by atomic mass is 9.81. The third-order valence-electron chi connectivity index (χ3n) is 5.16. The summed E-state index contributed by atoms with van der Waals surface area (Å²) in [5, 5.41) is 3.29. The van der Waals surface area contributed by atoms with Gasteiger partial charge in [0.1, 0.15) is 0 Å². The summed E-state index contributed by atoms with van der Waals surface area (Å²) in [7, 11) is 2.03. The predicted octanol–water partition coefficient (Wildman–Crippen LogP) is 2.15. The number of fused-ring (bicyclic) bond motifs is 2. The van der Waals surface area contributed by atoms with E-state index in [0.717, 1.165) is 31.6 Å². The van der Waals surface area contributed by atoms with Gasteiger partial charge < -0.3 is 9.88 Å². The molecule has 3 heterocycles. The summed E-state index contributed by atoms with van der Waals surface area (Å²) in [5.41, 5.74) is 0.315. The molecule has 0 bridgehead atoms. The molecule has 3 rings (SSSR count). The van der Waals surface area contributed by atoms with Crippen molar-refractivity contribution in [3.63, 3.8) is 0 Å². The molecule has 2 aliphatic heterocycles. The Bertz CT molecular complexity index is 587. The molecule has 2 aliphatic rings. The van der Waals surface area contributed by atoms with Gasteiger partial charge in [-0.2, -0.15) is 13.2 Å². The molecule has 1 N–H and O–H groups in total. The van der Waals surface area contributed by atoms with Crippen LogP contribution in [0.2, 0.25) is 0 Å². The Kier molecular flexibility index (Phi) is 3.60. The van der Waals surface area contributed by atoms with Crippen LogP contribution in [-0.4, -0.2) is 47.6 Å². The lowest BCUT2D eigenvalue weighted by Crippen LogP contribution is -2.58. The Morgan fingerprint density at radius 3 is 2.55 bits per heavy atom. The molecule has 0 saturated carbocycles. The van der Waals surface area contributed by atoms with Gasteiger partial charge >= 0.3 is 6.18 Å². The Morgan fingerprint density at radius 2 is 1.95 bits per heavy atom. The fourth-order valence-corrected chi connectivity index (χ4v) is 3.85. The maximum absolute atomic E-state index is 12.8. The molecule has 1 atom stereocenters. The van der Waals surface area contributed by atoms with Gasteiger partial charge in [0.25, 0.3) is 5.78 Å². The number of piperidine rings is 1. The number of hydrogen-bond acceptors (Lipinski definition) is 3. The summed E-state index contributed by atoms with van der Waals surface area (Å²) >= 11 is 0. The van der Waals surface area contributed by atoms with Crippen LogP contribution < -0.4 is 5.32 Å². The molecule has 0 radical (unpaired) electrons. The van der Waals surface area contributed by atoms with E-state index >= 15 is 0 Å². The minimum absolute atomic E-state index is 0.0813. The summed E-state index contributed by atoms with van der Waals surface area (Å²) in [6, 6.07) is 3.12. The molecule has 122 valence electrons. The average molecular weight is 315 g/mol. The van der Waals surface area contributed by atoms with E-state index in [9.17, 15) is 18.0 Å². The largest absolute Gasteiger partial charge is 0.456 e. The van der Waals surface area contributed by atoms with Gasteiger partial charge in [-0.05, 0) is 52.0 Å². The first-order chi connectivity index (χ1) is 10.3. The molecule has 1 saturated heterocycles. The number of alkyl halides is 3. The molecule has 7 heteroatoms. The number of aromatic nitrogens is 1. The first-order valence-corrected chi connectivity index (χ1v) is 7.52. The number of nitrogens with zero attached hydrogens (tertiary/aromatic N) is 2. The van der Waals surface area contributed by atoms with E-state index < -0.39 is 12.0 Å². The highest BCUT2D eigenvalue weighted by atomic mass is 19.4.